The summed E-state index contributed by atoms with van der Waals surface area (Å²) in [6.07, 6.45) is 5.70. The zero-order valence-corrected chi connectivity index (χ0v) is 13.0. The molecular weight excluding hydrogens is 262 g/mol. The number of carbonyl (C=O) groups is 1. The predicted molar refractivity (Wildman–Crippen MR) is 83.3 cm³/mol. The molecule has 1 aromatic heterocycles. The van der Waals surface area contributed by atoms with Crippen molar-refractivity contribution in [3.05, 3.63) is 29.6 Å². The third-order valence-corrected chi connectivity index (χ3v) is 4.72. The zero-order valence-electron chi connectivity index (χ0n) is 13.0. The van der Waals surface area contributed by atoms with E-state index in [1.165, 1.54) is 12.8 Å². The molecule has 1 aromatic rings. The van der Waals surface area contributed by atoms with Gasteiger partial charge in [-0.15, -0.1) is 0 Å². The summed E-state index contributed by atoms with van der Waals surface area (Å²) < 4.78 is 0. The molecule has 2 saturated heterocycles. The summed E-state index contributed by atoms with van der Waals surface area (Å²) in [7, 11) is 0. The molecule has 0 spiro atoms. The van der Waals surface area contributed by atoms with Crippen LogP contribution in [-0.2, 0) is 0 Å². The molecule has 2 fully saturated rings. The largest absolute Gasteiger partial charge is 0.334 e. The van der Waals surface area contributed by atoms with Gasteiger partial charge in [-0.05, 0) is 51.2 Å². The fourth-order valence-electron chi connectivity index (χ4n) is 3.78. The van der Waals surface area contributed by atoms with Crippen molar-refractivity contribution in [2.45, 2.75) is 64.1 Å². The number of aryl methyl sites for hydroxylation is 1. The number of carbonyl (C=O) groups excluding carboxylic acids is 1. The molecule has 21 heavy (non-hydrogen) atoms. The summed E-state index contributed by atoms with van der Waals surface area (Å²) in [4.78, 5) is 19.4. The van der Waals surface area contributed by atoms with Crippen molar-refractivity contribution in [1.82, 2.24) is 15.2 Å². The lowest BCUT2D eigenvalue weighted by molar-refractivity contribution is 0.0610. The van der Waals surface area contributed by atoms with Crippen LogP contribution in [0.2, 0.25) is 0 Å². The molecule has 114 valence electrons. The van der Waals surface area contributed by atoms with Gasteiger partial charge in [-0.3, -0.25) is 4.79 Å². The van der Waals surface area contributed by atoms with Gasteiger partial charge in [0.05, 0.1) is 0 Å². The van der Waals surface area contributed by atoms with Gasteiger partial charge < -0.3 is 10.2 Å². The molecule has 2 unspecified atom stereocenters. The molecule has 0 radical (unpaired) electrons. The summed E-state index contributed by atoms with van der Waals surface area (Å²) in [6.45, 7) is 4.91. The Morgan fingerprint density at radius 1 is 1.33 bits per heavy atom. The molecule has 2 atom stereocenters. The molecule has 2 bridgehead atoms. The topological polar surface area (TPSA) is 45.2 Å². The van der Waals surface area contributed by atoms with Crippen molar-refractivity contribution in [2.24, 2.45) is 0 Å². The number of hydrogen-bond donors (Lipinski definition) is 1. The molecule has 2 aliphatic heterocycles. The minimum Gasteiger partial charge on any atom is -0.334 e. The van der Waals surface area contributed by atoms with Crippen molar-refractivity contribution in [2.75, 3.05) is 6.54 Å². The van der Waals surface area contributed by atoms with Gasteiger partial charge in [0.2, 0.25) is 0 Å². The lowest BCUT2D eigenvalue weighted by Crippen LogP contribution is -2.50. The van der Waals surface area contributed by atoms with Gasteiger partial charge in [0.1, 0.15) is 5.69 Å². The molecule has 0 saturated carbocycles. The number of pyridine rings is 1. The van der Waals surface area contributed by atoms with Gasteiger partial charge in [-0.2, -0.15) is 0 Å². The fraction of sp³-hybridized carbons (Fsp3) is 0.647. The summed E-state index contributed by atoms with van der Waals surface area (Å²) >= 11 is 0. The highest BCUT2D eigenvalue weighted by Gasteiger charge is 2.37. The van der Waals surface area contributed by atoms with Crippen LogP contribution in [0.5, 0.6) is 0 Å². The Hall–Kier alpha value is -1.42. The maximum Gasteiger partial charge on any atom is 0.272 e. The van der Waals surface area contributed by atoms with Crippen molar-refractivity contribution in [1.29, 1.82) is 0 Å². The average Bonchev–Trinajstić information content (AvgIpc) is 2.82. The SMILES string of the molecule is CCCN(C(=O)c1cccc(C)n1)C1CC2CCC(C1)N2. The Kier molecular flexibility index (Phi) is 4.24. The highest BCUT2D eigenvalue weighted by Crippen LogP contribution is 2.30. The molecular formula is C17H25N3O. The Morgan fingerprint density at radius 3 is 2.67 bits per heavy atom. The molecule has 2 aliphatic rings. The monoisotopic (exact) mass is 287 g/mol. The van der Waals surface area contributed by atoms with Gasteiger partial charge in [-0.1, -0.05) is 13.0 Å². The van der Waals surface area contributed by atoms with E-state index >= 15 is 0 Å². The maximum atomic E-state index is 12.9. The predicted octanol–water partition coefficient (Wildman–Crippen LogP) is 2.53. The highest BCUT2D eigenvalue weighted by atomic mass is 16.2. The number of rotatable bonds is 4. The van der Waals surface area contributed by atoms with Gasteiger partial charge >= 0.3 is 0 Å². The van der Waals surface area contributed by atoms with Gasteiger partial charge in [0.15, 0.2) is 0 Å². The van der Waals surface area contributed by atoms with E-state index in [-0.39, 0.29) is 5.91 Å². The van der Waals surface area contributed by atoms with Crippen LogP contribution in [0, 0.1) is 6.92 Å². The van der Waals surface area contributed by atoms with E-state index in [0.717, 1.165) is 31.5 Å². The Bertz CT molecular complexity index is 505. The standard InChI is InChI=1S/C17H25N3O/c1-3-9-20(15-10-13-7-8-14(11-15)19-13)17(21)16-6-4-5-12(2)18-16/h4-6,13-15,19H,3,7-11H2,1-2H3. The van der Waals surface area contributed by atoms with Crippen LogP contribution in [0.15, 0.2) is 18.2 Å². The highest BCUT2D eigenvalue weighted by molar-refractivity contribution is 5.92. The molecule has 1 N–H and O–H groups in total. The van der Waals surface area contributed by atoms with Crippen molar-refractivity contribution >= 4 is 5.91 Å². The van der Waals surface area contributed by atoms with Crippen LogP contribution < -0.4 is 5.32 Å². The van der Waals surface area contributed by atoms with Gasteiger partial charge in [-0.25, -0.2) is 4.98 Å². The Morgan fingerprint density at radius 2 is 2.05 bits per heavy atom. The third-order valence-electron chi connectivity index (χ3n) is 4.72. The first-order valence-electron chi connectivity index (χ1n) is 8.18. The van der Waals surface area contributed by atoms with E-state index in [0.29, 0.717) is 23.8 Å². The number of amides is 1. The first-order valence-corrected chi connectivity index (χ1v) is 8.18. The first kappa shape index (κ1) is 14.5. The number of fused-ring (bicyclic) bond motifs is 2. The zero-order chi connectivity index (χ0) is 14.8. The van der Waals surface area contributed by atoms with Crippen molar-refractivity contribution < 1.29 is 4.79 Å². The van der Waals surface area contributed by atoms with Crippen LogP contribution in [0.25, 0.3) is 0 Å². The molecule has 4 heteroatoms. The lowest BCUT2D eigenvalue weighted by atomic mass is 9.97. The smallest absolute Gasteiger partial charge is 0.272 e. The van der Waals surface area contributed by atoms with Crippen LogP contribution in [0.1, 0.15) is 55.2 Å². The maximum absolute atomic E-state index is 12.9. The van der Waals surface area contributed by atoms with Crippen molar-refractivity contribution in [3.63, 3.8) is 0 Å². The lowest BCUT2D eigenvalue weighted by Gasteiger charge is -2.37. The van der Waals surface area contributed by atoms with Gasteiger partial charge in [0.25, 0.3) is 5.91 Å². The number of nitrogens with zero attached hydrogens (tertiary/aromatic N) is 2. The number of piperidine rings is 1. The minimum atomic E-state index is 0.104. The van der Waals surface area contributed by atoms with Gasteiger partial charge in [0, 0.05) is 30.4 Å². The molecule has 0 aromatic carbocycles. The van der Waals surface area contributed by atoms with E-state index in [2.05, 4.69) is 22.1 Å². The second-order valence-corrected chi connectivity index (χ2v) is 6.43. The summed E-state index contributed by atoms with van der Waals surface area (Å²) in [5.41, 5.74) is 1.50. The van der Waals surface area contributed by atoms with Crippen LogP contribution in [0.3, 0.4) is 0 Å². The van der Waals surface area contributed by atoms with Crippen LogP contribution in [0.4, 0.5) is 0 Å². The molecule has 3 rings (SSSR count). The van der Waals surface area contributed by atoms with Crippen LogP contribution in [-0.4, -0.2) is 40.5 Å². The second kappa shape index (κ2) is 6.14. The molecule has 3 heterocycles. The quantitative estimate of drug-likeness (QED) is 0.925. The van der Waals surface area contributed by atoms with E-state index in [1.807, 2.05) is 25.1 Å². The third kappa shape index (κ3) is 3.10. The van der Waals surface area contributed by atoms with E-state index in [9.17, 15) is 4.79 Å². The minimum absolute atomic E-state index is 0.104. The van der Waals surface area contributed by atoms with E-state index < -0.39 is 0 Å². The Labute approximate surface area is 126 Å². The number of nitrogens with one attached hydrogen (secondary N) is 1. The van der Waals surface area contributed by atoms with E-state index in [1.54, 1.807) is 0 Å². The molecule has 1 amide bonds. The average molecular weight is 287 g/mol. The summed E-state index contributed by atoms with van der Waals surface area (Å²) in [6, 6.07) is 7.28. The molecule has 4 nitrogen and oxygen atoms in total. The Balaban J connectivity index is 1.79. The normalized spacial score (nSPS) is 27.6. The number of aromatic nitrogens is 1. The van der Waals surface area contributed by atoms with E-state index in [4.69, 9.17) is 0 Å². The first-order chi connectivity index (χ1) is 10.2. The fourth-order valence-corrected chi connectivity index (χ4v) is 3.78. The summed E-state index contributed by atoms with van der Waals surface area (Å²) in [5.74, 6) is 0.104. The summed E-state index contributed by atoms with van der Waals surface area (Å²) in [5, 5.41) is 3.65. The second-order valence-electron chi connectivity index (χ2n) is 6.43. The van der Waals surface area contributed by atoms with Crippen molar-refractivity contribution in [3.8, 4) is 0 Å². The number of hydrogen-bond acceptors (Lipinski definition) is 3. The molecule has 0 aliphatic carbocycles. The van der Waals surface area contributed by atoms with Crippen LogP contribution >= 0.6 is 0 Å².